The lowest BCUT2D eigenvalue weighted by atomic mass is 10.2. The molecule has 86 valence electrons. The molecule has 5 heteroatoms. The molecule has 0 aliphatic heterocycles. The van der Waals surface area contributed by atoms with E-state index in [0.29, 0.717) is 0 Å². The van der Waals surface area contributed by atoms with Crippen LogP contribution in [-0.2, 0) is 11.2 Å². The number of carboxylic acid groups (broad SMARTS) is 1. The van der Waals surface area contributed by atoms with Crippen molar-refractivity contribution in [2.75, 3.05) is 0 Å². The molecule has 0 fully saturated rings. The molecule has 1 aromatic heterocycles. The van der Waals surface area contributed by atoms with Crippen LogP contribution < -0.4 is 0 Å². The summed E-state index contributed by atoms with van der Waals surface area (Å²) in [7, 11) is 0. The van der Waals surface area contributed by atoms with Gasteiger partial charge in [0.05, 0.1) is 12.6 Å². The van der Waals surface area contributed by atoms with Crippen molar-refractivity contribution in [3.63, 3.8) is 0 Å². The lowest BCUT2D eigenvalue weighted by Crippen LogP contribution is -1.99. The van der Waals surface area contributed by atoms with E-state index in [1.54, 1.807) is 18.6 Å². The monoisotopic (exact) mass is 246 g/mol. The van der Waals surface area contributed by atoms with Crippen molar-refractivity contribution < 1.29 is 9.90 Å². The Morgan fingerprint density at radius 3 is 2.59 bits per heavy atom. The highest BCUT2D eigenvalue weighted by atomic mass is 32.2. The number of aliphatic carboxylic acids is 1. The molecule has 0 bridgehead atoms. The lowest BCUT2D eigenvalue weighted by Gasteiger charge is -2.01. The summed E-state index contributed by atoms with van der Waals surface area (Å²) in [6, 6.07) is 7.40. The average Bonchev–Trinajstić information content (AvgIpc) is 2.32. The Morgan fingerprint density at radius 1 is 1.24 bits per heavy atom. The number of aromatic nitrogens is 2. The number of carboxylic acids is 1. The fourth-order valence-electron chi connectivity index (χ4n) is 1.31. The van der Waals surface area contributed by atoms with Crippen LogP contribution in [0.15, 0.2) is 52.8 Å². The molecule has 0 unspecified atom stereocenters. The van der Waals surface area contributed by atoms with Crippen LogP contribution in [0.25, 0.3) is 0 Å². The first-order valence-electron chi connectivity index (χ1n) is 4.98. The van der Waals surface area contributed by atoms with Gasteiger partial charge in [-0.15, -0.1) is 0 Å². The van der Waals surface area contributed by atoms with E-state index in [4.69, 9.17) is 5.11 Å². The molecule has 0 spiro atoms. The van der Waals surface area contributed by atoms with E-state index in [2.05, 4.69) is 9.97 Å². The minimum Gasteiger partial charge on any atom is -0.481 e. The van der Waals surface area contributed by atoms with Crippen LogP contribution in [0.1, 0.15) is 5.56 Å². The maximum atomic E-state index is 10.5. The van der Waals surface area contributed by atoms with E-state index in [1.807, 2.05) is 24.3 Å². The molecule has 2 rings (SSSR count). The third kappa shape index (κ3) is 3.57. The molecule has 0 saturated heterocycles. The van der Waals surface area contributed by atoms with Gasteiger partial charge in [-0.25, -0.2) is 4.98 Å². The maximum Gasteiger partial charge on any atom is 0.307 e. The fraction of sp³-hybridized carbons (Fsp3) is 0.0833. The van der Waals surface area contributed by atoms with Gasteiger partial charge < -0.3 is 5.11 Å². The minimum atomic E-state index is -0.820. The van der Waals surface area contributed by atoms with E-state index < -0.39 is 5.97 Å². The SMILES string of the molecule is O=C(O)Cc1ccc(Sc2cnccn2)cc1. The molecule has 1 N–H and O–H groups in total. The van der Waals surface area contributed by atoms with Gasteiger partial charge in [0.1, 0.15) is 5.03 Å². The van der Waals surface area contributed by atoms with Crippen molar-refractivity contribution in [3.05, 3.63) is 48.4 Å². The number of hydrogen-bond acceptors (Lipinski definition) is 4. The zero-order valence-corrected chi connectivity index (χ0v) is 9.72. The summed E-state index contributed by atoms with van der Waals surface area (Å²) in [4.78, 5) is 19.7. The van der Waals surface area contributed by atoms with E-state index >= 15 is 0 Å². The summed E-state index contributed by atoms with van der Waals surface area (Å²) in [5.41, 5.74) is 0.793. The van der Waals surface area contributed by atoms with Gasteiger partial charge in [-0.3, -0.25) is 9.78 Å². The van der Waals surface area contributed by atoms with Gasteiger partial charge in [0.25, 0.3) is 0 Å². The van der Waals surface area contributed by atoms with Crippen molar-refractivity contribution in [2.45, 2.75) is 16.3 Å². The lowest BCUT2D eigenvalue weighted by molar-refractivity contribution is -0.136. The number of carbonyl (C=O) groups is 1. The first-order valence-corrected chi connectivity index (χ1v) is 5.80. The average molecular weight is 246 g/mol. The Bertz CT molecular complexity index is 500. The number of hydrogen-bond donors (Lipinski definition) is 1. The van der Waals surface area contributed by atoms with E-state index in [0.717, 1.165) is 15.5 Å². The topological polar surface area (TPSA) is 63.1 Å². The van der Waals surface area contributed by atoms with Crippen molar-refractivity contribution in [2.24, 2.45) is 0 Å². The van der Waals surface area contributed by atoms with Crippen molar-refractivity contribution >= 4 is 17.7 Å². The zero-order chi connectivity index (χ0) is 12.1. The van der Waals surface area contributed by atoms with E-state index in [-0.39, 0.29) is 6.42 Å². The first kappa shape index (κ1) is 11.6. The van der Waals surface area contributed by atoms with Gasteiger partial charge in [-0.2, -0.15) is 0 Å². The molecule has 0 aliphatic carbocycles. The predicted octanol–water partition coefficient (Wildman–Crippen LogP) is 2.25. The van der Waals surface area contributed by atoms with E-state index in [1.165, 1.54) is 11.8 Å². The molecule has 0 amide bonds. The van der Waals surface area contributed by atoms with Gasteiger partial charge in [0.15, 0.2) is 0 Å². The van der Waals surface area contributed by atoms with Crippen LogP contribution in [0.4, 0.5) is 0 Å². The zero-order valence-electron chi connectivity index (χ0n) is 8.91. The van der Waals surface area contributed by atoms with Gasteiger partial charge in [-0.05, 0) is 17.7 Å². The molecule has 0 aliphatic rings. The van der Waals surface area contributed by atoms with Gasteiger partial charge in [0, 0.05) is 17.3 Å². The van der Waals surface area contributed by atoms with Gasteiger partial charge >= 0.3 is 5.97 Å². The third-order valence-electron chi connectivity index (χ3n) is 2.04. The Hall–Kier alpha value is -1.88. The Balaban J connectivity index is 2.06. The molecule has 2 aromatic rings. The van der Waals surface area contributed by atoms with Gasteiger partial charge in [0.2, 0.25) is 0 Å². The quantitative estimate of drug-likeness (QED) is 0.896. The first-order chi connectivity index (χ1) is 8.24. The molecule has 4 nitrogen and oxygen atoms in total. The largest absolute Gasteiger partial charge is 0.481 e. The smallest absolute Gasteiger partial charge is 0.307 e. The molecule has 0 saturated carbocycles. The van der Waals surface area contributed by atoms with Crippen LogP contribution in [0.3, 0.4) is 0 Å². The Kier molecular flexibility index (Phi) is 3.72. The van der Waals surface area contributed by atoms with Crippen LogP contribution in [0.2, 0.25) is 0 Å². The fourth-order valence-corrected chi connectivity index (χ4v) is 2.05. The second-order valence-corrected chi connectivity index (χ2v) is 4.45. The number of nitrogens with zero attached hydrogens (tertiary/aromatic N) is 2. The summed E-state index contributed by atoms with van der Waals surface area (Å²) >= 11 is 1.49. The maximum absolute atomic E-state index is 10.5. The summed E-state index contributed by atoms with van der Waals surface area (Å²) in [6.07, 6.45) is 5.01. The van der Waals surface area contributed by atoms with Crippen LogP contribution in [0.5, 0.6) is 0 Å². The van der Waals surface area contributed by atoms with Crippen molar-refractivity contribution in [1.82, 2.24) is 9.97 Å². The minimum absolute atomic E-state index is 0.0517. The highest BCUT2D eigenvalue weighted by Gasteiger charge is 2.02. The van der Waals surface area contributed by atoms with Crippen molar-refractivity contribution in [3.8, 4) is 0 Å². The molecular formula is C12H10N2O2S. The molecule has 17 heavy (non-hydrogen) atoms. The molecule has 1 heterocycles. The second-order valence-electron chi connectivity index (χ2n) is 3.36. The second kappa shape index (κ2) is 5.45. The molecule has 1 aromatic carbocycles. The summed E-state index contributed by atoms with van der Waals surface area (Å²) in [5, 5.41) is 9.47. The van der Waals surface area contributed by atoms with Crippen molar-refractivity contribution in [1.29, 1.82) is 0 Å². The predicted molar refractivity (Wildman–Crippen MR) is 63.9 cm³/mol. The summed E-state index contributed by atoms with van der Waals surface area (Å²) in [5.74, 6) is -0.820. The molecular weight excluding hydrogens is 236 g/mol. The summed E-state index contributed by atoms with van der Waals surface area (Å²) in [6.45, 7) is 0. The normalized spacial score (nSPS) is 10.1. The highest BCUT2D eigenvalue weighted by molar-refractivity contribution is 7.99. The Morgan fingerprint density at radius 2 is 2.00 bits per heavy atom. The van der Waals surface area contributed by atoms with Crippen LogP contribution in [-0.4, -0.2) is 21.0 Å². The van der Waals surface area contributed by atoms with Crippen LogP contribution >= 0.6 is 11.8 Å². The van der Waals surface area contributed by atoms with Gasteiger partial charge in [-0.1, -0.05) is 23.9 Å². The highest BCUT2D eigenvalue weighted by Crippen LogP contribution is 2.25. The summed E-state index contributed by atoms with van der Waals surface area (Å²) < 4.78 is 0. The standard InChI is InChI=1S/C12H10N2O2S/c15-12(16)7-9-1-3-10(4-2-9)17-11-8-13-5-6-14-11/h1-6,8H,7H2,(H,15,16). The third-order valence-corrected chi connectivity index (χ3v) is 2.97. The number of benzene rings is 1. The van der Waals surface area contributed by atoms with Crippen LogP contribution in [0, 0.1) is 0 Å². The molecule has 0 atom stereocenters. The number of rotatable bonds is 4. The van der Waals surface area contributed by atoms with E-state index in [9.17, 15) is 4.79 Å². The molecule has 0 radical (unpaired) electrons. The Labute approximate surface area is 103 Å².